The number of anilines is 1. The molecule has 0 spiro atoms. The first-order chi connectivity index (χ1) is 5.64. The third-order valence-corrected chi connectivity index (χ3v) is 2.41. The molecule has 0 fully saturated rings. The summed E-state index contributed by atoms with van der Waals surface area (Å²) in [5.74, 6) is -0.113. The molecular weight excluding hydrogens is 182 g/mol. The summed E-state index contributed by atoms with van der Waals surface area (Å²) in [6.07, 6.45) is 2.47. The molecule has 0 aromatic carbocycles. The molecule has 0 aliphatic carbocycles. The van der Waals surface area contributed by atoms with E-state index in [1.807, 2.05) is 0 Å². The van der Waals surface area contributed by atoms with Gasteiger partial charge >= 0.3 is 0 Å². The number of nitrogens with two attached hydrogens (primary N) is 1. The van der Waals surface area contributed by atoms with Crippen molar-refractivity contribution in [1.29, 1.82) is 0 Å². The Morgan fingerprint density at radius 1 is 1.67 bits per heavy atom. The smallest absolute Gasteiger partial charge is 0.234 e. The molecule has 1 aromatic heterocycles. The molecule has 6 nitrogen and oxygen atoms in total. The predicted octanol–water partition coefficient (Wildman–Crippen LogP) is -0.625. The van der Waals surface area contributed by atoms with Gasteiger partial charge in [-0.15, -0.1) is 0 Å². The first-order valence-electron chi connectivity index (χ1n) is 3.24. The molecular formula is C5H9N3O3S. The van der Waals surface area contributed by atoms with Crippen LogP contribution in [0.25, 0.3) is 0 Å². The normalized spacial score (nSPS) is 11.4. The highest BCUT2D eigenvalue weighted by atomic mass is 32.2. The molecule has 0 atom stereocenters. The van der Waals surface area contributed by atoms with E-state index in [2.05, 4.69) is 14.4 Å². The van der Waals surface area contributed by atoms with Crippen molar-refractivity contribution in [2.24, 2.45) is 5.73 Å². The molecule has 1 heterocycles. The van der Waals surface area contributed by atoms with E-state index in [1.54, 1.807) is 0 Å². The van der Waals surface area contributed by atoms with Crippen LogP contribution in [0.15, 0.2) is 17.0 Å². The van der Waals surface area contributed by atoms with Crippen LogP contribution in [0.2, 0.25) is 0 Å². The van der Waals surface area contributed by atoms with Gasteiger partial charge in [0.2, 0.25) is 10.0 Å². The van der Waals surface area contributed by atoms with Crippen LogP contribution in [0.3, 0.4) is 0 Å². The lowest BCUT2D eigenvalue weighted by molar-refractivity contribution is 0.420. The summed E-state index contributed by atoms with van der Waals surface area (Å²) in [4.78, 5) is 0. The fourth-order valence-corrected chi connectivity index (χ4v) is 1.51. The highest BCUT2D eigenvalue weighted by molar-refractivity contribution is 7.92. The second kappa shape index (κ2) is 3.55. The summed E-state index contributed by atoms with van der Waals surface area (Å²) in [5, 5.41) is 3.33. The maximum absolute atomic E-state index is 11.0. The Bertz CT molecular complexity index is 318. The number of nitrogens with zero attached hydrogens (tertiary/aromatic N) is 1. The van der Waals surface area contributed by atoms with E-state index in [4.69, 9.17) is 5.73 Å². The highest BCUT2D eigenvalue weighted by Gasteiger charge is 2.09. The summed E-state index contributed by atoms with van der Waals surface area (Å²) >= 11 is 0. The molecule has 0 radical (unpaired) electrons. The zero-order valence-corrected chi connectivity index (χ0v) is 7.04. The van der Waals surface area contributed by atoms with Gasteiger partial charge in [0.25, 0.3) is 0 Å². The first kappa shape index (κ1) is 9.01. The molecule has 0 bridgehead atoms. The molecule has 1 aromatic rings. The van der Waals surface area contributed by atoms with Crippen molar-refractivity contribution in [3.8, 4) is 0 Å². The van der Waals surface area contributed by atoms with Crippen molar-refractivity contribution in [2.75, 3.05) is 17.0 Å². The maximum Gasteiger partial charge on any atom is 0.234 e. The molecule has 68 valence electrons. The van der Waals surface area contributed by atoms with E-state index in [1.165, 1.54) is 12.5 Å². The van der Waals surface area contributed by atoms with Crippen LogP contribution >= 0.6 is 0 Å². The van der Waals surface area contributed by atoms with Gasteiger partial charge in [0.05, 0.1) is 11.9 Å². The van der Waals surface area contributed by atoms with E-state index in [-0.39, 0.29) is 12.3 Å². The average molecular weight is 191 g/mol. The standard InChI is InChI=1S/C5H9N3O3S/c6-1-2-12(9,10)8-5-3-7-11-4-5/h3-4,8H,1-2,6H2. The van der Waals surface area contributed by atoms with Crippen molar-refractivity contribution in [3.63, 3.8) is 0 Å². The van der Waals surface area contributed by atoms with Crippen molar-refractivity contribution in [2.45, 2.75) is 0 Å². The van der Waals surface area contributed by atoms with E-state index >= 15 is 0 Å². The van der Waals surface area contributed by atoms with Gasteiger partial charge in [0.15, 0.2) is 0 Å². The minimum atomic E-state index is -3.33. The maximum atomic E-state index is 11.0. The number of rotatable bonds is 4. The van der Waals surface area contributed by atoms with Crippen LogP contribution in [0.4, 0.5) is 5.69 Å². The SMILES string of the molecule is NCCS(=O)(=O)Nc1cnoc1. The number of hydrogen-bond donors (Lipinski definition) is 2. The topological polar surface area (TPSA) is 98.2 Å². The minimum Gasteiger partial charge on any atom is -0.362 e. The lowest BCUT2D eigenvalue weighted by Gasteiger charge is -2.01. The van der Waals surface area contributed by atoms with Crippen LogP contribution in [0.1, 0.15) is 0 Å². The van der Waals surface area contributed by atoms with E-state index in [0.29, 0.717) is 5.69 Å². The molecule has 1 rings (SSSR count). The molecule has 7 heteroatoms. The summed E-state index contributed by atoms with van der Waals surface area (Å²) in [5.41, 5.74) is 5.39. The molecule has 0 unspecified atom stereocenters. The summed E-state index contributed by atoms with van der Waals surface area (Å²) < 4.78 is 28.7. The monoisotopic (exact) mass is 191 g/mol. The number of hydrogen-bond acceptors (Lipinski definition) is 5. The first-order valence-corrected chi connectivity index (χ1v) is 4.89. The van der Waals surface area contributed by atoms with Crippen molar-refractivity contribution in [3.05, 3.63) is 12.5 Å². The minimum absolute atomic E-state index is 0.0839. The third-order valence-electron chi connectivity index (χ3n) is 1.09. The van der Waals surface area contributed by atoms with Gasteiger partial charge in [-0.05, 0) is 0 Å². The van der Waals surface area contributed by atoms with Crippen LogP contribution in [0.5, 0.6) is 0 Å². The quantitative estimate of drug-likeness (QED) is 0.660. The highest BCUT2D eigenvalue weighted by Crippen LogP contribution is 2.05. The van der Waals surface area contributed by atoms with E-state index in [0.717, 1.165) is 0 Å². The Morgan fingerprint density at radius 3 is 2.92 bits per heavy atom. The second-order valence-electron chi connectivity index (χ2n) is 2.12. The van der Waals surface area contributed by atoms with Crippen molar-refractivity contribution < 1.29 is 12.9 Å². The van der Waals surface area contributed by atoms with Crippen LogP contribution in [0, 0.1) is 0 Å². The Labute approximate surface area is 69.8 Å². The predicted molar refractivity (Wildman–Crippen MR) is 43.0 cm³/mol. The molecule has 0 saturated heterocycles. The van der Waals surface area contributed by atoms with Gasteiger partial charge in [-0.2, -0.15) is 0 Å². The molecule has 0 aliphatic heterocycles. The van der Waals surface area contributed by atoms with Gasteiger partial charge in [-0.25, -0.2) is 8.42 Å². The third kappa shape index (κ3) is 2.51. The summed E-state index contributed by atoms with van der Waals surface area (Å²) in [7, 11) is -3.33. The van der Waals surface area contributed by atoms with Gasteiger partial charge in [-0.1, -0.05) is 5.16 Å². The summed E-state index contributed by atoms with van der Waals surface area (Å²) in [6, 6.07) is 0. The Balaban J connectivity index is 2.63. The molecule has 12 heavy (non-hydrogen) atoms. The molecule has 0 amide bonds. The zero-order valence-electron chi connectivity index (χ0n) is 6.23. The van der Waals surface area contributed by atoms with E-state index < -0.39 is 10.0 Å². The fourth-order valence-electron chi connectivity index (χ4n) is 0.641. The second-order valence-corrected chi connectivity index (χ2v) is 3.96. The Morgan fingerprint density at radius 2 is 2.42 bits per heavy atom. The van der Waals surface area contributed by atoms with Gasteiger partial charge in [0.1, 0.15) is 12.0 Å². The molecule has 3 N–H and O–H groups in total. The Kier molecular flexibility index (Phi) is 2.66. The average Bonchev–Trinajstić information content (AvgIpc) is 2.38. The fraction of sp³-hybridized carbons (Fsp3) is 0.400. The zero-order chi connectivity index (χ0) is 9.03. The van der Waals surface area contributed by atoms with Gasteiger partial charge < -0.3 is 10.3 Å². The largest absolute Gasteiger partial charge is 0.362 e. The lowest BCUT2D eigenvalue weighted by Crippen LogP contribution is -2.22. The number of nitrogens with one attached hydrogen (secondary N) is 1. The van der Waals surface area contributed by atoms with Gasteiger partial charge in [-0.3, -0.25) is 4.72 Å². The van der Waals surface area contributed by atoms with Crippen molar-refractivity contribution >= 4 is 15.7 Å². The number of sulfonamides is 1. The van der Waals surface area contributed by atoms with Gasteiger partial charge in [0, 0.05) is 6.54 Å². The number of aromatic nitrogens is 1. The summed E-state index contributed by atoms with van der Waals surface area (Å²) in [6.45, 7) is 0.0839. The molecule has 0 aliphatic rings. The van der Waals surface area contributed by atoms with E-state index in [9.17, 15) is 8.42 Å². The van der Waals surface area contributed by atoms with Crippen LogP contribution < -0.4 is 10.5 Å². The molecule has 0 saturated carbocycles. The van der Waals surface area contributed by atoms with Crippen molar-refractivity contribution in [1.82, 2.24) is 5.16 Å². The Hall–Kier alpha value is -1.08. The van der Waals surface area contributed by atoms with Crippen LogP contribution in [-0.4, -0.2) is 25.9 Å². The van der Waals surface area contributed by atoms with Crippen LogP contribution in [-0.2, 0) is 10.0 Å². The lowest BCUT2D eigenvalue weighted by atomic mass is 10.6.